The van der Waals surface area contributed by atoms with E-state index in [1.54, 1.807) is 12.1 Å². The molecule has 1 amide bonds. The van der Waals surface area contributed by atoms with E-state index in [2.05, 4.69) is 25.8 Å². The lowest BCUT2D eigenvalue weighted by molar-refractivity contribution is -0.159. The van der Waals surface area contributed by atoms with Crippen molar-refractivity contribution in [1.29, 1.82) is 0 Å². The zero-order chi connectivity index (χ0) is 29.7. The van der Waals surface area contributed by atoms with E-state index in [4.69, 9.17) is 4.98 Å². The number of aryl methyl sites for hydroxylation is 1. The highest BCUT2D eigenvalue weighted by Gasteiger charge is 2.49. The number of benzene rings is 3. The summed E-state index contributed by atoms with van der Waals surface area (Å²) in [5.74, 6) is -4.44. The molecule has 0 bridgehead atoms. The van der Waals surface area contributed by atoms with Crippen molar-refractivity contribution in [1.82, 2.24) is 14.9 Å². The van der Waals surface area contributed by atoms with Crippen LogP contribution in [0.15, 0.2) is 83.7 Å². The van der Waals surface area contributed by atoms with Gasteiger partial charge in [-0.25, -0.2) is 4.98 Å². The molecule has 2 heterocycles. The van der Waals surface area contributed by atoms with E-state index in [0.29, 0.717) is 29.9 Å². The zero-order valence-electron chi connectivity index (χ0n) is 24.2. The molecule has 4 aromatic rings. The van der Waals surface area contributed by atoms with Crippen LogP contribution in [0.25, 0.3) is 11.1 Å². The number of H-pyrrole nitrogens is 1. The minimum Gasteiger partial charge on any atom is -0.333 e. The summed E-state index contributed by atoms with van der Waals surface area (Å²) < 4.78 is 31.7. The molecule has 0 radical (unpaired) electrons. The number of nitrogens with zero attached hydrogens (tertiary/aromatic N) is 2. The van der Waals surface area contributed by atoms with Gasteiger partial charge in [0.25, 0.3) is 11.5 Å². The number of alkyl halides is 2. The van der Waals surface area contributed by atoms with E-state index in [0.717, 1.165) is 34.4 Å². The highest BCUT2D eigenvalue weighted by atomic mass is 19.3. The van der Waals surface area contributed by atoms with Crippen LogP contribution in [0, 0.1) is 0 Å². The number of rotatable bonds is 5. The van der Waals surface area contributed by atoms with Crippen LogP contribution in [0.4, 0.5) is 8.78 Å². The maximum absolute atomic E-state index is 15.8. The average Bonchev–Trinajstić information content (AvgIpc) is 3.82. The lowest BCUT2D eigenvalue weighted by Gasteiger charge is -2.26. The molecule has 7 heteroatoms. The Morgan fingerprint density at radius 2 is 1.55 bits per heavy atom. The topological polar surface area (TPSA) is 66.1 Å². The monoisotopic (exact) mass is 567 g/mol. The van der Waals surface area contributed by atoms with Gasteiger partial charge in [0.15, 0.2) is 0 Å². The molecule has 216 valence electrons. The van der Waals surface area contributed by atoms with Crippen molar-refractivity contribution in [2.75, 3.05) is 6.54 Å². The fourth-order valence-electron chi connectivity index (χ4n) is 5.95. The molecule has 1 aromatic heterocycles. The largest absolute Gasteiger partial charge is 0.349 e. The molecule has 2 aliphatic rings. The first-order valence-electron chi connectivity index (χ1n) is 14.6. The first-order valence-corrected chi connectivity index (χ1v) is 14.6. The first kappa shape index (κ1) is 28.0. The number of aromatic nitrogens is 2. The maximum Gasteiger partial charge on any atom is 0.349 e. The van der Waals surface area contributed by atoms with Crippen LogP contribution in [0.1, 0.15) is 73.8 Å². The molecule has 0 unspecified atom stereocenters. The summed E-state index contributed by atoms with van der Waals surface area (Å²) >= 11 is 0. The van der Waals surface area contributed by atoms with E-state index in [1.807, 2.05) is 54.6 Å². The average molecular weight is 568 g/mol. The lowest BCUT2D eigenvalue weighted by atomic mass is 9.85. The summed E-state index contributed by atoms with van der Waals surface area (Å²) in [5, 5.41) is 0. The Hall–Kier alpha value is -4.13. The summed E-state index contributed by atoms with van der Waals surface area (Å²) in [4.78, 5) is 35.6. The van der Waals surface area contributed by atoms with Gasteiger partial charge in [0, 0.05) is 12.1 Å². The van der Waals surface area contributed by atoms with E-state index in [9.17, 15) is 9.59 Å². The highest BCUT2D eigenvalue weighted by molar-refractivity contribution is 5.85. The molecule has 1 aliphatic heterocycles. The summed E-state index contributed by atoms with van der Waals surface area (Å²) in [6.45, 7) is 6.23. The minimum absolute atomic E-state index is 0.0924. The lowest BCUT2D eigenvalue weighted by Crippen LogP contribution is -2.42. The highest BCUT2D eigenvalue weighted by Crippen LogP contribution is 2.52. The molecule has 1 aliphatic carbocycles. The molecule has 1 saturated carbocycles. The summed E-state index contributed by atoms with van der Waals surface area (Å²) in [6.07, 6.45) is 2.67. The SMILES string of the molecule is CC(C)(C)c1cccc(-c2cccc(C(F)(F)C(=O)N3CCCc4nc(C5(c6ccccc6)CC5)[nH]c(=O)c4C3)c2)c1. The summed E-state index contributed by atoms with van der Waals surface area (Å²) in [7, 11) is 0. The zero-order valence-corrected chi connectivity index (χ0v) is 24.2. The third-order valence-electron chi connectivity index (χ3n) is 8.66. The van der Waals surface area contributed by atoms with Crippen LogP contribution in [0.5, 0.6) is 0 Å². The molecule has 0 spiro atoms. The Morgan fingerprint density at radius 1 is 0.905 bits per heavy atom. The number of carbonyl (C=O) groups excluding carboxylic acids is 1. The summed E-state index contributed by atoms with van der Waals surface area (Å²) in [5.41, 5.74) is 3.37. The molecule has 6 rings (SSSR count). The molecule has 42 heavy (non-hydrogen) atoms. The Bertz CT molecular complexity index is 1700. The summed E-state index contributed by atoms with van der Waals surface area (Å²) in [6, 6.07) is 23.8. The van der Waals surface area contributed by atoms with Crippen molar-refractivity contribution in [2.45, 2.75) is 69.8 Å². The van der Waals surface area contributed by atoms with Crippen molar-refractivity contribution in [3.8, 4) is 11.1 Å². The molecule has 5 nitrogen and oxygen atoms in total. The van der Waals surface area contributed by atoms with Gasteiger partial charge in [0.1, 0.15) is 5.82 Å². The number of hydrogen-bond donors (Lipinski definition) is 1. The Kier molecular flexibility index (Phi) is 6.87. The normalized spacial score (nSPS) is 16.5. The number of halogens is 2. The fourth-order valence-corrected chi connectivity index (χ4v) is 5.95. The van der Waals surface area contributed by atoms with Crippen LogP contribution in [0.3, 0.4) is 0 Å². The fraction of sp³-hybridized carbons (Fsp3) is 0.343. The molecular formula is C35H35F2N3O2. The van der Waals surface area contributed by atoms with Gasteiger partial charge in [0.2, 0.25) is 0 Å². The van der Waals surface area contributed by atoms with Crippen molar-refractivity contribution < 1.29 is 13.6 Å². The van der Waals surface area contributed by atoms with Crippen LogP contribution in [0.2, 0.25) is 0 Å². The van der Waals surface area contributed by atoms with E-state index in [1.165, 1.54) is 12.1 Å². The van der Waals surface area contributed by atoms with Gasteiger partial charge >= 0.3 is 5.92 Å². The third kappa shape index (κ3) is 5.06. The molecule has 1 N–H and O–H groups in total. The molecule has 1 fully saturated rings. The molecule has 3 aromatic carbocycles. The van der Waals surface area contributed by atoms with Crippen LogP contribution >= 0.6 is 0 Å². The van der Waals surface area contributed by atoms with Crippen molar-refractivity contribution in [3.63, 3.8) is 0 Å². The Morgan fingerprint density at radius 3 is 2.19 bits per heavy atom. The molecule has 0 atom stereocenters. The number of nitrogens with one attached hydrogen (secondary N) is 1. The standard InChI is InChI=1S/C35H35F2N3O2/c1-33(2,3)26-14-7-10-23(20-26)24-11-8-15-27(21-24)35(36,37)32(42)40-19-9-16-29-28(22-40)30(41)39-31(38-29)34(17-18-34)25-12-5-4-6-13-25/h4-8,10-15,20-21H,9,16-19,22H2,1-3H3,(H,38,39,41). The maximum atomic E-state index is 15.8. The second-order valence-electron chi connectivity index (χ2n) is 12.6. The van der Waals surface area contributed by atoms with E-state index >= 15 is 8.78 Å². The van der Waals surface area contributed by atoms with Crippen molar-refractivity contribution in [3.05, 3.63) is 123 Å². The minimum atomic E-state index is -3.76. The Labute approximate surface area is 244 Å². The number of fused-ring (bicyclic) bond motifs is 1. The number of hydrogen-bond acceptors (Lipinski definition) is 3. The van der Waals surface area contributed by atoms with Crippen molar-refractivity contribution in [2.24, 2.45) is 0 Å². The number of carbonyl (C=O) groups is 1. The van der Waals surface area contributed by atoms with Gasteiger partial charge in [-0.2, -0.15) is 8.78 Å². The van der Waals surface area contributed by atoms with Crippen LogP contribution < -0.4 is 5.56 Å². The Balaban J connectivity index is 1.27. The second kappa shape index (κ2) is 10.3. The predicted octanol–water partition coefficient (Wildman–Crippen LogP) is 6.88. The quantitative estimate of drug-likeness (QED) is 0.286. The molecular weight excluding hydrogens is 532 g/mol. The third-order valence-corrected chi connectivity index (χ3v) is 8.66. The van der Waals surface area contributed by atoms with Gasteiger partial charge in [0.05, 0.1) is 23.2 Å². The van der Waals surface area contributed by atoms with E-state index in [-0.39, 0.29) is 40.6 Å². The smallest absolute Gasteiger partial charge is 0.333 e. The first-order chi connectivity index (χ1) is 20.0. The van der Waals surface area contributed by atoms with Gasteiger partial charge in [-0.15, -0.1) is 0 Å². The predicted molar refractivity (Wildman–Crippen MR) is 160 cm³/mol. The van der Waals surface area contributed by atoms with Gasteiger partial charge in [-0.1, -0.05) is 93.6 Å². The van der Waals surface area contributed by atoms with Gasteiger partial charge in [-0.05, 0) is 59.4 Å². The number of aromatic amines is 1. The van der Waals surface area contributed by atoms with E-state index < -0.39 is 11.8 Å². The second-order valence-corrected chi connectivity index (χ2v) is 12.6. The van der Waals surface area contributed by atoms with Crippen LogP contribution in [-0.2, 0) is 34.5 Å². The number of amides is 1. The van der Waals surface area contributed by atoms with Crippen molar-refractivity contribution >= 4 is 5.91 Å². The van der Waals surface area contributed by atoms with Gasteiger partial charge < -0.3 is 9.88 Å². The van der Waals surface area contributed by atoms with Crippen LogP contribution in [-0.4, -0.2) is 27.3 Å². The van der Waals surface area contributed by atoms with Gasteiger partial charge in [-0.3, -0.25) is 9.59 Å². The molecule has 0 saturated heterocycles.